The predicted molar refractivity (Wildman–Crippen MR) is 182 cm³/mol. The molecule has 0 aliphatic carbocycles. The highest BCUT2D eigenvalue weighted by Crippen LogP contribution is 2.55. The van der Waals surface area contributed by atoms with Gasteiger partial charge >= 0.3 is 6.03 Å². The standard InChI is InChI=1S/C40H42N2O2/c1-27-21-31(5)38-33(22-27)25-41(6,35-19-12-9-13-20-35)40(43-38)42(7,37-29(3)15-14-16-30(37)4)26-34-23-28(2)24-36(39(34)44-40)32-17-10-8-11-18-32/h8-24H,25-26H2,1-7H3/q+2. The van der Waals surface area contributed by atoms with Crippen LogP contribution in [0.1, 0.15) is 38.9 Å². The lowest BCUT2D eigenvalue weighted by molar-refractivity contribution is -0.310. The number of para-hydroxylation sites is 2. The van der Waals surface area contributed by atoms with Gasteiger partial charge < -0.3 is 9.47 Å². The minimum atomic E-state index is -1.18. The Balaban J connectivity index is 1.61. The molecule has 0 aromatic heterocycles. The zero-order valence-corrected chi connectivity index (χ0v) is 26.9. The summed E-state index contributed by atoms with van der Waals surface area (Å²) in [5.74, 6) is 1.83. The number of hydrogen-bond donors (Lipinski definition) is 0. The van der Waals surface area contributed by atoms with E-state index < -0.39 is 6.03 Å². The van der Waals surface area contributed by atoms with Crippen LogP contribution in [0.3, 0.4) is 0 Å². The Labute approximate surface area is 261 Å². The summed E-state index contributed by atoms with van der Waals surface area (Å²) in [6, 6.07) is 35.9. The van der Waals surface area contributed by atoms with Gasteiger partial charge in [0.1, 0.15) is 24.5 Å². The van der Waals surface area contributed by atoms with E-state index in [0.29, 0.717) is 15.5 Å². The van der Waals surface area contributed by atoms with E-state index in [4.69, 9.17) is 9.47 Å². The molecule has 3 unspecified atom stereocenters. The third kappa shape index (κ3) is 4.05. The van der Waals surface area contributed by atoms with Crippen molar-refractivity contribution in [2.24, 2.45) is 0 Å². The maximum atomic E-state index is 7.72. The van der Waals surface area contributed by atoms with Crippen molar-refractivity contribution in [3.8, 4) is 22.6 Å². The Hall–Kier alpha value is -4.38. The lowest BCUT2D eigenvalue weighted by atomic mass is 9.94. The fraction of sp³-hybridized carbons (Fsp3) is 0.250. The Morgan fingerprint density at radius 3 is 1.75 bits per heavy atom. The maximum absolute atomic E-state index is 7.72. The van der Waals surface area contributed by atoms with Crippen molar-refractivity contribution in [1.29, 1.82) is 0 Å². The van der Waals surface area contributed by atoms with Crippen LogP contribution in [0.25, 0.3) is 11.1 Å². The highest BCUT2D eigenvalue weighted by molar-refractivity contribution is 5.75. The van der Waals surface area contributed by atoms with Crippen LogP contribution in [0.5, 0.6) is 11.5 Å². The number of fused-ring (bicyclic) bond motifs is 2. The zero-order chi connectivity index (χ0) is 30.9. The molecule has 0 fully saturated rings. The van der Waals surface area contributed by atoms with Crippen LogP contribution < -0.4 is 18.4 Å². The lowest BCUT2D eigenvalue weighted by Gasteiger charge is -2.58. The summed E-state index contributed by atoms with van der Waals surface area (Å²) in [6.07, 6.45) is 0. The molecular weight excluding hydrogens is 540 g/mol. The number of ether oxygens (including phenoxy) is 2. The first-order chi connectivity index (χ1) is 21.1. The molecule has 5 aromatic carbocycles. The molecule has 0 saturated heterocycles. The number of nitrogens with zero attached hydrogens (tertiary/aromatic N) is 2. The molecule has 4 heteroatoms. The van der Waals surface area contributed by atoms with Gasteiger partial charge in [0.2, 0.25) is 0 Å². The Morgan fingerprint density at radius 2 is 1.09 bits per heavy atom. The van der Waals surface area contributed by atoms with E-state index in [1.165, 1.54) is 39.1 Å². The van der Waals surface area contributed by atoms with Crippen LogP contribution in [0.2, 0.25) is 0 Å². The van der Waals surface area contributed by atoms with Gasteiger partial charge in [-0.1, -0.05) is 78.4 Å². The smallest absolute Gasteiger partial charge is 0.357 e. The zero-order valence-electron chi connectivity index (χ0n) is 26.9. The van der Waals surface area contributed by atoms with Crippen LogP contribution in [0.4, 0.5) is 11.4 Å². The van der Waals surface area contributed by atoms with Gasteiger partial charge in [0.15, 0.2) is 11.4 Å². The van der Waals surface area contributed by atoms with E-state index in [9.17, 15) is 0 Å². The van der Waals surface area contributed by atoms with Gasteiger partial charge in [-0.05, 0) is 81.6 Å². The summed E-state index contributed by atoms with van der Waals surface area (Å²) in [7, 11) is 4.61. The van der Waals surface area contributed by atoms with Crippen molar-refractivity contribution in [1.82, 2.24) is 8.97 Å². The molecule has 222 valence electrons. The first-order valence-corrected chi connectivity index (χ1v) is 15.6. The van der Waals surface area contributed by atoms with Crippen LogP contribution in [-0.2, 0) is 13.1 Å². The molecule has 0 N–H and O–H groups in total. The minimum absolute atomic E-state index is 0.412. The number of rotatable bonds is 3. The van der Waals surface area contributed by atoms with Gasteiger partial charge in [-0.3, -0.25) is 0 Å². The quantitative estimate of drug-likeness (QED) is 0.197. The van der Waals surface area contributed by atoms with E-state index >= 15 is 0 Å². The Morgan fingerprint density at radius 1 is 0.545 bits per heavy atom. The fourth-order valence-corrected chi connectivity index (χ4v) is 8.10. The molecule has 0 saturated carbocycles. The van der Waals surface area contributed by atoms with Crippen LogP contribution in [0, 0.1) is 34.6 Å². The van der Waals surface area contributed by atoms with Gasteiger partial charge in [-0.15, -0.1) is 0 Å². The topological polar surface area (TPSA) is 18.5 Å². The molecule has 4 nitrogen and oxygen atoms in total. The Kier molecular flexibility index (Phi) is 6.51. The molecule has 3 atom stereocenters. The SMILES string of the molecule is Cc1cc(C)c2c(c1)C[N+](C)(c1ccccc1)C1(O2)Oc2c(cc(C)cc2-c2ccccc2)C[N+]1(C)c1c(C)cccc1C. The van der Waals surface area contributed by atoms with Crippen molar-refractivity contribution in [3.05, 3.63) is 142 Å². The maximum Gasteiger partial charge on any atom is 0.572 e. The monoisotopic (exact) mass is 582 g/mol. The van der Waals surface area contributed by atoms with E-state index in [-0.39, 0.29) is 0 Å². The fourth-order valence-electron chi connectivity index (χ4n) is 8.10. The minimum Gasteiger partial charge on any atom is -0.357 e. The van der Waals surface area contributed by atoms with Crippen LogP contribution in [0.15, 0.2) is 103 Å². The highest BCUT2D eigenvalue weighted by atomic mass is 16.8. The summed E-state index contributed by atoms with van der Waals surface area (Å²) in [5.41, 5.74) is 13.1. The average molecular weight is 583 g/mol. The summed E-state index contributed by atoms with van der Waals surface area (Å²) in [4.78, 5) is 0. The number of aryl methyl sites for hydroxylation is 5. The molecule has 5 aromatic rings. The van der Waals surface area contributed by atoms with Gasteiger partial charge in [0.05, 0.1) is 25.2 Å². The van der Waals surface area contributed by atoms with Crippen molar-refractivity contribution in [2.75, 3.05) is 14.1 Å². The second kappa shape index (κ2) is 10.1. The van der Waals surface area contributed by atoms with Crippen molar-refractivity contribution < 1.29 is 9.47 Å². The molecule has 2 heterocycles. The van der Waals surface area contributed by atoms with Crippen molar-refractivity contribution >= 4 is 11.4 Å². The lowest BCUT2D eigenvalue weighted by Crippen LogP contribution is -2.86. The van der Waals surface area contributed by atoms with E-state index in [1.807, 2.05) is 0 Å². The normalized spacial score (nSPS) is 23.8. The summed E-state index contributed by atoms with van der Waals surface area (Å²) >= 11 is 0. The number of hydrogen-bond acceptors (Lipinski definition) is 2. The molecule has 2 aliphatic rings. The predicted octanol–water partition coefficient (Wildman–Crippen LogP) is 9.27. The summed E-state index contributed by atoms with van der Waals surface area (Å²) < 4.78 is 16.1. The van der Waals surface area contributed by atoms with Gasteiger partial charge in [-0.2, -0.15) is 8.97 Å². The third-order valence-corrected chi connectivity index (χ3v) is 9.84. The number of quaternary nitrogens is 2. The molecule has 1 spiro atoms. The number of benzene rings is 5. The van der Waals surface area contributed by atoms with Gasteiger partial charge in [0.25, 0.3) is 0 Å². The van der Waals surface area contributed by atoms with E-state index in [1.54, 1.807) is 0 Å². The molecule has 0 radical (unpaired) electrons. The van der Waals surface area contributed by atoms with Crippen molar-refractivity contribution in [3.63, 3.8) is 0 Å². The van der Waals surface area contributed by atoms with Gasteiger partial charge in [-0.25, -0.2) is 0 Å². The Bertz CT molecular complexity index is 1880. The largest absolute Gasteiger partial charge is 0.572 e. The molecule has 2 aliphatic heterocycles. The molecule has 7 rings (SSSR count). The van der Waals surface area contributed by atoms with Gasteiger partial charge in [0, 0.05) is 16.7 Å². The molecule has 44 heavy (non-hydrogen) atoms. The second-order valence-electron chi connectivity index (χ2n) is 13.3. The first kappa shape index (κ1) is 28.4. The van der Waals surface area contributed by atoms with E-state index in [2.05, 4.69) is 152 Å². The van der Waals surface area contributed by atoms with Crippen LogP contribution >= 0.6 is 0 Å². The highest BCUT2D eigenvalue weighted by Gasteiger charge is 2.75. The van der Waals surface area contributed by atoms with Crippen molar-refractivity contribution in [2.45, 2.75) is 53.7 Å². The summed E-state index contributed by atoms with van der Waals surface area (Å²) in [5, 5.41) is 0. The second-order valence-corrected chi connectivity index (χ2v) is 13.3. The molecular formula is C40H42N2O2+2. The average Bonchev–Trinajstić information content (AvgIpc) is 2.99. The first-order valence-electron chi connectivity index (χ1n) is 15.6. The van der Waals surface area contributed by atoms with Crippen LogP contribution in [-0.4, -0.2) is 20.1 Å². The summed E-state index contributed by atoms with van der Waals surface area (Å²) in [6.45, 7) is 12.4. The third-order valence-electron chi connectivity index (χ3n) is 9.84. The molecule has 0 amide bonds. The van der Waals surface area contributed by atoms with E-state index in [0.717, 1.165) is 40.4 Å². The molecule has 0 bridgehead atoms.